The van der Waals surface area contributed by atoms with Gasteiger partial charge in [0.1, 0.15) is 5.82 Å². The Morgan fingerprint density at radius 1 is 1.40 bits per heavy atom. The number of rotatable bonds is 1. The van der Waals surface area contributed by atoms with Gasteiger partial charge in [-0.15, -0.1) is 0 Å². The van der Waals surface area contributed by atoms with Crippen LogP contribution in [0.5, 0.6) is 0 Å². The van der Waals surface area contributed by atoms with Crippen molar-refractivity contribution in [2.24, 2.45) is 0 Å². The Labute approximate surface area is 97.0 Å². The van der Waals surface area contributed by atoms with Crippen LogP contribution in [0.1, 0.15) is 31.1 Å². The van der Waals surface area contributed by atoms with Gasteiger partial charge in [-0.1, -0.05) is 6.07 Å². The smallest absolute Gasteiger partial charge is 0.252 e. The standard InChI is InChI=1S/C11H13BrFNO/c1-11(2,3)14-10(15)7-5-4-6-8(13)9(7)12/h4-6H,1-3H3,(H,14,15). The zero-order valence-corrected chi connectivity index (χ0v) is 10.5. The first kappa shape index (κ1) is 12.2. The van der Waals surface area contributed by atoms with Gasteiger partial charge < -0.3 is 5.32 Å². The van der Waals surface area contributed by atoms with E-state index in [0.29, 0.717) is 5.56 Å². The molecule has 0 fully saturated rings. The van der Waals surface area contributed by atoms with Gasteiger partial charge in [-0.05, 0) is 48.8 Å². The number of benzene rings is 1. The van der Waals surface area contributed by atoms with Crippen LogP contribution in [0.25, 0.3) is 0 Å². The van der Waals surface area contributed by atoms with Crippen LogP contribution in [0.2, 0.25) is 0 Å². The molecule has 82 valence electrons. The number of hydrogen-bond acceptors (Lipinski definition) is 1. The number of carbonyl (C=O) groups is 1. The summed E-state index contributed by atoms with van der Waals surface area (Å²) in [4.78, 5) is 11.7. The molecular formula is C11H13BrFNO. The van der Waals surface area contributed by atoms with Crippen LogP contribution in [-0.4, -0.2) is 11.4 Å². The second kappa shape index (κ2) is 4.31. The van der Waals surface area contributed by atoms with E-state index < -0.39 is 5.82 Å². The molecule has 0 aliphatic heterocycles. The van der Waals surface area contributed by atoms with Crippen molar-refractivity contribution in [2.45, 2.75) is 26.3 Å². The van der Waals surface area contributed by atoms with Gasteiger partial charge >= 0.3 is 0 Å². The largest absolute Gasteiger partial charge is 0.347 e. The molecule has 1 amide bonds. The minimum atomic E-state index is -0.434. The summed E-state index contributed by atoms with van der Waals surface area (Å²) in [5.41, 5.74) is -0.0204. The first-order valence-electron chi connectivity index (χ1n) is 4.58. The molecule has 15 heavy (non-hydrogen) atoms. The van der Waals surface area contributed by atoms with Crippen LogP contribution in [0.3, 0.4) is 0 Å². The van der Waals surface area contributed by atoms with Crippen molar-refractivity contribution in [1.82, 2.24) is 5.32 Å². The van der Waals surface area contributed by atoms with Crippen molar-refractivity contribution in [1.29, 1.82) is 0 Å². The molecule has 0 saturated carbocycles. The molecule has 1 rings (SSSR count). The summed E-state index contributed by atoms with van der Waals surface area (Å²) in [6.45, 7) is 5.62. The molecule has 1 N–H and O–H groups in total. The average molecular weight is 274 g/mol. The molecule has 0 atom stereocenters. The van der Waals surface area contributed by atoms with E-state index in [1.165, 1.54) is 12.1 Å². The van der Waals surface area contributed by atoms with Crippen molar-refractivity contribution in [3.05, 3.63) is 34.1 Å². The van der Waals surface area contributed by atoms with Crippen LogP contribution in [-0.2, 0) is 0 Å². The molecule has 2 nitrogen and oxygen atoms in total. The van der Waals surface area contributed by atoms with Gasteiger partial charge in [-0.2, -0.15) is 0 Å². The lowest BCUT2D eigenvalue weighted by atomic mass is 10.1. The molecule has 0 aromatic heterocycles. The highest BCUT2D eigenvalue weighted by Gasteiger charge is 2.18. The average Bonchev–Trinajstić information content (AvgIpc) is 2.06. The lowest BCUT2D eigenvalue weighted by molar-refractivity contribution is 0.0918. The number of halogens is 2. The van der Waals surface area contributed by atoms with Gasteiger partial charge in [0.05, 0.1) is 10.0 Å². The number of nitrogens with one attached hydrogen (secondary N) is 1. The van der Waals surface area contributed by atoms with Crippen molar-refractivity contribution >= 4 is 21.8 Å². The van der Waals surface area contributed by atoms with Gasteiger partial charge in [0.25, 0.3) is 5.91 Å². The van der Waals surface area contributed by atoms with Gasteiger partial charge in [0.2, 0.25) is 0 Å². The Bertz CT molecular complexity index is 385. The summed E-state index contributed by atoms with van der Waals surface area (Å²) < 4.78 is 13.3. The molecule has 0 aliphatic carbocycles. The summed E-state index contributed by atoms with van der Waals surface area (Å²) in [5, 5.41) is 2.77. The summed E-state index contributed by atoms with van der Waals surface area (Å²) in [7, 11) is 0. The highest BCUT2D eigenvalue weighted by Crippen LogP contribution is 2.20. The molecule has 0 heterocycles. The van der Waals surface area contributed by atoms with Gasteiger partial charge in [0.15, 0.2) is 0 Å². The summed E-state index contributed by atoms with van der Waals surface area (Å²) in [6.07, 6.45) is 0. The van der Waals surface area contributed by atoms with E-state index in [-0.39, 0.29) is 15.9 Å². The highest BCUT2D eigenvalue weighted by atomic mass is 79.9. The monoisotopic (exact) mass is 273 g/mol. The van der Waals surface area contributed by atoms with E-state index in [1.54, 1.807) is 6.07 Å². The van der Waals surface area contributed by atoms with Crippen molar-refractivity contribution in [3.63, 3.8) is 0 Å². The zero-order valence-electron chi connectivity index (χ0n) is 8.90. The minimum Gasteiger partial charge on any atom is -0.347 e. The lowest BCUT2D eigenvalue weighted by Gasteiger charge is -2.20. The molecule has 0 aliphatic rings. The third-order valence-electron chi connectivity index (χ3n) is 1.68. The fraction of sp³-hybridized carbons (Fsp3) is 0.364. The second-order valence-corrected chi connectivity index (χ2v) is 5.10. The van der Waals surface area contributed by atoms with Crippen LogP contribution in [0.4, 0.5) is 4.39 Å². The zero-order chi connectivity index (χ0) is 11.6. The quantitative estimate of drug-likeness (QED) is 0.837. The Morgan fingerprint density at radius 2 is 2.00 bits per heavy atom. The van der Waals surface area contributed by atoms with Crippen molar-refractivity contribution < 1.29 is 9.18 Å². The fourth-order valence-electron chi connectivity index (χ4n) is 1.09. The second-order valence-electron chi connectivity index (χ2n) is 4.31. The van der Waals surface area contributed by atoms with Crippen LogP contribution in [0.15, 0.2) is 22.7 Å². The maximum Gasteiger partial charge on any atom is 0.252 e. The Balaban J connectivity index is 2.97. The van der Waals surface area contributed by atoms with Crippen molar-refractivity contribution in [3.8, 4) is 0 Å². The van der Waals surface area contributed by atoms with Gasteiger partial charge in [0, 0.05) is 5.54 Å². The number of carbonyl (C=O) groups excluding carboxylic acids is 1. The third kappa shape index (κ3) is 3.30. The van der Waals surface area contributed by atoms with E-state index in [1.807, 2.05) is 20.8 Å². The van der Waals surface area contributed by atoms with Crippen LogP contribution < -0.4 is 5.32 Å². The topological polar surface area (TPSA) is 29.1 Å². The molecule has 0 bridgehead atoms. The van der Waals surface area contributed by atoms with Crippen LogP contribution >= 0.6 is 15.9 Å². The third-order valence-corrected chi connectivity index (χ3v) is 2.49. The SMILES string of the molecule is CC(C)(C)NC(=O)c1cccc(F)c1Br. The van der Waals surface area contributed by atoms with E-state index >= 15 is 0 Å². The lowest BCUT2D eigenvalue weighted by Crippen LogP contribution is -2.40. The maximum atomic E-state index is 13.1. The Kier molecular flexibility index (Phi) is 3.50. The molecule has 0 saturated heterocycles. The molecular weight excluding hydrogens is 261 g/mol. The molecule has 4 heteroatoms. The predicted molar refractivity (Wildman–Crippen MR) is 61.3 cm³/mol. The molecule has 0 spiro atoms. The Morgan fingerprint density at radius 3 is 2.53 bits per heavy atom. The Hall–Kier alpha value is -0.900. The minimum absolute atomic E-state index is 0.201. The molecule has 1 aromatic carbocycles. The predicted octanol–water partition coefficient (Wildman–Crippen LogP) is 3.12. The molecule has 0 unspecified atom stereocenters. The molecule has 0 radical (unpaired) electrons. The maximum absolute atomic E-state index is 13.1. The first-order chi connectivity index (χ1) is 6.81. The van der Waals surface area contributed by atoms with Gasteiger partial charge in [-0.3, -0.25) is 4.79 Å². The first-order valence-corrected chi connectivity index (χ1v) is 5.37. The van der Waals surface area contributed by atoms with E-state index in [2.05, 4.69) is 21.2 Å². The molecule has 1 aromatic rings. The highest BCUT2D eigenvalue weighted by molar-refractivity contribution is 9.10. The normalized spacial score (nSPS) is 11.3. The summed E-state index contributed by atoms with van der Waals surface area (Å²) in [5.74, 6) is -0.717. The fourth-order valence-corrected chi connectivity index (χ4v) is 1.53. The van der Waals surface area contributed by atoms with Gasteiger partial charge in [-0.25, -0.2) is 4.39 Å². The number of amides is 1. The number of hydrogen-bond donors (Lipinski definition) is 1. The van der Waals surface area contributed by atoms with E-state index in [9.17, 15) is 9.18 Å². The van der Waals surface area contributed by atoms with Crippen LogP contribution in [0, 0.1) is 5.82 Å². The van der Waals surface area contributed by atoms with Crippen molar-refractivity contribution in [2.75, 3.05) is 0 Å². The summed E-state index contributed by atoms with van der Waals surface area (Å²) >= 11 is 3.05. The van der Waals surface area contributed by atoms with E-state index in [0.717, 1.165) is 0 Å². The van der Waals surface area contributed by atoms with E-state index in [4.69, 9.17) is 0 Å². The summed E-state index contributed by atoms with van der Waals surface area (Å²) in [6, 6.07) is 4.39.